The molecule has 2 aromatic rings. The van der Waals surface area contributed by atoms with Crippen LogP contribution in [-0.4, -0.2) is 28.5 Å². The number of aliphatic carboxylic acids is 1. The molecule has 1 N–H and O–H groups in total. The quantitative estimate of drug-likeness (QED) is 0.913. The average Bonchev–Trinajstić information content (AvgIpc) is 2.99. The number of rotatable bonds is 5. The molecule has 0 saturated carbocycles. The second-order valence-corrected chi connectivity index (χ2v) is 4.83. The Morgan fingerprint density at radius 2 is 2.14 bits per heavy atom. The molecule has 0 fully saturated rings. The van der Waals surface area contributed by atoms with E-state index in [2.05, 4.69) is 4.98 Å². The van der Waals surface area contributed by atoms with Gasteiger partial charge in [0.2, 0.25) is 0 Å². The van der Waals surface area contributed by atoms with E-state index in [1.54, 1.807) is 25.3 Å². The zero-order valence-electron chi connectivity index (χ0n) is 11.8. The van der Waals surface area contributed by atoms with Crippen molar-refractivity contribution in [1.29, 1.82) is 0 Å². The summed E-state index contributed by atoms with van der Waals surface area (Å²) in [5.41, 5.74) is 0.954. The lowest BCUT2D eigenvalue weighted by Gasteiger charge is -2.22. The number of carbonyl (C=O) groups is 2. The average molecular weight is 288 g/mol. The van der Waals surface area contributed by atoms with Crippen molar-refractivity contribution in [2.24, 2.45) is 5.92 Å². The lowest BCUT2D eigenvalue weighted by atomic mass is 10.1. The van der Waals surface area contributed by atoms with Gasteiger partial charge in [-0.1, -0.05) is 13.0 Å². The van der Waals surface area contributed by atoms with Crippen LogP contribution >= 0.6 is 0 Å². The molecule has 0 aliphatic carbocycles. The zero-order valence-corrected chi connectivity index (χ0v) is 11.8. The molecule has 2 aromatic heterocycles. The molecule has 110 valence electrons. The molecule has 1 unspecified atom stereocenters. The van der Waals surface area contributed by atoms with Gasteiger partial charge in [0.05, 0.1) is 12.2 Å². The Balaban J connectivity index is 2.32. The molecule has 2 heterocycles. The van der Waals surface area contributed by atoms with E-state index in [4.69, 9.17) is 9.52 Å². The van der Waals surface area contributed by atoms with E-state index in [9.17, 15) is 9.59 Å². The van der Waals surface area contributed by atoms with Crippen LogP contribution in [0.15, 0.2) is 41.1 Å². The smallest absolute Gasteiger partial charge is 0.308 e. The number of nitrogens with zero attached hydrogens (tertiary/aromatic N) is 2. The summed E-state index contributed by atoms with van der Waals surface area (Å²) in [4.78, 5) is 29.0. The summed E-state index contributed by atoms with van der Waals surface area (Å²) < 4.78 is 5.10. The largest absolute Gasteiger partial charge is 0.481 e. The molecular formula is C15H16N2O4. The van der Waals surface area contributed by atoms with Gasteiger partial charge in [-0.3, -0.25) is 14.5 Å². The normalized spacial score (nSPS) is 11.9. The van der Waals surface area contributed by atoms with E-state index in [0.29, 0.717) is 5.82 Å². The second-order valence-electron chi connectivity index (χ2n) is 4.83. The Bertz CT molecular complexity index is 620. The van der Waals surface area contributed by atoms with Crippen LogP contribution in [-0.2, 0) is 4.79 Å². The predicted molar refractivity (Wildman–Crippen MR) is 76.2 cm³/mol. The number of carboxylic acids is 1. The molecule has 0 saturated heterocycles. The van der Waals surface area contributed by atoms with Crippen molar-refractivity contribution in [2.45, 2.75) is 13.8 Å². The predicted octanol–water partition coefficient (Wildman–Crippen LogP) is 2.35. The highest BCUT2D eigenvalue weighted by molar-refractivity contribution is 6.03. The molecule has 0 spiro atoms. The summed E-state index contributed by atoms with van der Waals surface area (Å²) in [6.45, 7) is 3.44. The Labute approximate surface area is 122 Å². The molecule has 21 heavy (non-hydrogen) atoms. The molecule has 6 nitrogen and oxygen atoms in total. The molecule has 0 aromatic carbocycles. The number of aromatic nitrogens is 1. The van der Waals surface area contributed by atoms with Crippen LogP contribution in [0.5, 0.6) is 0 Å². The number of furan rings is 1. The van der Waals surface area contributed by atoms with Crippen LogP contribution in [0.3, 0.4) is 0 Å². The Hall–Kier alpha value is -2.63. The highest BCUT2D eigenvalue weighted by Gasteiger charge is 2.25. The number of amides is 1. The maximum atomic E-state index is 12.4. The topological polar surface area (TPSA) is 83.6 Å². The molecule has 2 rings (SSSR count). The highest BCUT2D eigenvalue weighted by atomic mass is 16.4. The van der Waals surface area contributed by atoms with Crippen molar-refractivity contribution in [3.63, 3.8) is 0 Å². The van der Waals surface area contributed by atoms with Crippen molar-refractivity contribution >= 4 is 17.7 Å². The minimum absolute atomic E-state index is 0.0188. The third-order valence-corrected chi connectivity index (χ3v) is 3.03. The maximum Gasteiger partial charge on any atom is 0.308 e. The summed E-state index contributed by atoms with van der Waals surface area (Å²) >= 11 is 0. The van der Waals surface area contributed by atoms with Crippen molar-refractivity contribution in [3.05, 3.63) is 48.0 Å². The van der Waals surface area contributed by atoms with E-state index in [1.807, 2.05) is 13.0 Å². The molecule has 0 bridgehead atoms. The van der Waals surface area contributed by atoms with Gasteiger partial charge in [-0.15, -0.1) is 0 Å². The molecule has 6 heteroatoms. The van der Waals surface area contributed by atoms with Crippen molar-refractivity contribution < 1.29 is 19.1 Å². The van der Waals surface area contributed by atoms with Gasteiger partial charge in [0.1, 0.15) is 5.82 Å². The van der Waals surface area contributed by atoms with E-state index >= 15 is 0 Å². The van der Waals surface area contributed by atoms with Crippen LogP contribution in [0.2, 0.25) is 0 Å². The van der Waals surface area contributed by atoms with E-state index in [1.165, 1.54) is 17.2 Å². The van der Waals surface area contributed by atoms with Gasteiger partial charge in [0.25, 0.3) is 5.91 Å². The number of carboxylic acid groups (broad SMARTS) is 1. The van der Waals surface area contributed by atoms with Gasteiger partial charge in [-0.05, 0) is 30.7 Å². The SMILES string of the molecule is Cc1ccc(N(CC(C)C(=O)O)C(=O)c2ccco2)nc1. The summed E-state index contributed by atoms with van der Waals surface area (Å²) in [6, 6.07) is 6.64. The molecule has 1 amide bonds. The lowest BCUT2D eigenvalue weighted by Crippen LogP contribution is -2.37. The third kappa shape index (κ3) is 3.47. The van der Waals surface area contributed by atoms with Crippen molar-refractivity contribution in [3.8, 4) is 0 Å². The van der Waals surface area contributed by atoms with Crippen LogP contribution in [0.4, 0.5) is 5.82 Å². The highest BCUT2D eigenvalue weighted by Crippen LogP contribution is 2.17. The van der Waals surface area contributed by atoms with Crippen LogP contribution in [0.1, 0.15) is 23.0 Å². The number of anilines is 1. The molecule has 1 atom stereocenters. The van der Waals surface area contributed by atoms with Crippen LogP contribution in [0, 0.1) is 12.8 Å². The summed E-state index contributed by atoms with van der Waals surface area (Å²) in [6.07, 6.45) is 3.03. The molecule has 0 radical (unpaired) electrons. The van der Waals surface area contributed by atoms with Crippen LogP contribution in [0.25, 0.3) is 0 Å². The molecule has 0 aliphatic heterocycles. The lowest BCUT2D eigenvalue weighted by molar-refractivity contribution is -0.140. The standard InChI is InChI=1S/C15H16N2O4/c1-10-5-6-13(16-8-10)17(9-11(2)15(19)20)14(18)12-4-3-7-21-12/h3-8,11H,9H2,1-2H3,(H,19,20). The fourth-order valence-corrected chi connectivity index (χ4v) is 1.79. The summed E-state index contributed by atoms with van der Waals surface area (Å²) in [5.74, 6) is -1.55. The number of hydrogen-bond acceptors (Lipinski definition) is 4. The number of pyridine rings is 1. The summed E-state index contributed by atoms with van der Waals surface area (Å²) in [5, 5.41) is 9.05. The Kier molecular flexibility index (Phi) is 4.37. The first-order chi connectivity index (χ1) is 9.99. The fraction of sp³-hybridized carbons (Fsp3) is 0.267. The van der Waals surface area contributed by atoms with Gasteiger partial charge in [-0.25, -0.2) is 4.98 Å². The zero-order chi connectivity index (χ0) is 15.4. The molecule has 0 aliphatic rings. The monoisotopic (exact) mass is 288 g/mol. The van der Waals surface area contributed by atoms with Gasteiger partial charge in [0, 0.05) is 12.7 Å². The first kappa shape index (κ1) is 14.8. The van der Waals surface area contributed by atoms with E-state index < -0.39 is 17.8 Å². The Morgan fingerprint density at radius 3 is 2.67 bits per heavy atom. The van der Waals surface area contributed by atoms with E-state index in [-0.39, 0.29) is 12.3 Å². The van der Waals surface area contributed by atoms with Crippen molar-refractivity contribution in [1.82, 2.24) is 4.98 Å². The van der Waals surface area contributed by atoms with E-state index in [0.717, 1.165) is 5.56 Å². The van der Waals surface area contributed by atoms with Gasteiger partial charge >= 0.3 is 5.97 Å². The Morgan fingerprint density at radius 1 is 1.38 bits per heavy atom. The molecular weight excluding hydrogens is 272 g/mol. The maximum absolute atomic E-state index is 12.4. The van der Waals surface area contributed by atoms with Gasteiger partial charge in [-0.2, -0.15) is 0 Å². The first-order valence-corrected chi connectivity index (χ1v) is 6.50. The minimum atomic E-state index is -0.973. The number of aryl methyl sites for hydroxylation is 1. The van der Waals surface area contributed by atoms with Gasteiger partial charge in [0.15, 0.2) is 5.76 Å². The first-order valence-electron chi connectivity index (χ1n) is 6.50. The van der Waals surface area contributed by atoms with Crippen molar-refractivity contribution in [2.75, 3.05) is 11.4 Å². The number of carbonyl (C=O) groups excluding carboxylic acids is 1. The fourth-order valence-electron chi connectivity index (χ4n) is 1.79. The van der Waals surface area contributed by atoms with Crippen LogP contribution < -0.4 is 4.90 Å². The third-order valence-electron chi connectivity index (χ3n) is 3.03. The number of hydrogen-bond donors (Lipinski definition) is 1. The van der Waals surface area contributed by atoms with Gasteiger partial charge < -0.3 is 9.52 Å². The second kappa shape index (κ2) is 6.21. The summed E-state index contributed by atoms with van der Waals surface area (Å²) in [7, 11) is 0. The minimum Gasteiger partial charge on any atom is -0.481 e.